The summed E-state index contributed by atoms with van der Waals surface area (Å²) in [5.41, 5.74) is 0. The van der Waals surface area contributed by atoms with E-state index in [9.17, 15) is 0 Å². The molecule has 3 aliphatic carbocycles. The van der Waals surface area contributed by atoms with Crippen molar-refractivity contribution in [1.82, 2.24) is 10.2 Å². The molecule has 0 aromatic heterocycles. The fourth-order valence-corrected chi connectivity index (χ4v) is 6.08. The summed E-state index contributed by atoms with van der Waals surface area (Å²) in [6.45, 7) is 4.88. The van der Waals surface area contributed by atoms with E-state index in [1.54, 1.807) is 12.8 Å². The maximum absolute atomic E-state index is 5.46. The van der Waals surface area contributed by atoms with Crippen molar-refractivity contribution in [1.29, 1.82) is 0 Å². The van der Waals surface area contributed by atoms with Gasteiger partial charge in [0.05, 0.1) is 6.10 Å². The van der Waals surface area contributed by atoms with Crippen molar-refractivity contribution in [3.63, 3.8) is 0 Å². The van der Waals surface area contributed by atoms with E-state index >= 15 is 0 Å². The molecule has 0 spiro atoms. The molecule has 0 radical (unpaired) electrons. The molecular formula is C18H32N2O. The van der Waals surface area contributed by atoms with Crippen molar-refractivity contribution < 1.29 is 4.74 Å². The molecule has 5 atom stereocenters. The largest absolute Gasteiger partial charge is 0.381 e. The van der Waals surface area contributed by atoms with Crippen LogP contribution >= 0.6 is 0 Å². The van der Waals surface area contributed by atoms with Gasteiger partial charge in [-0.1, -0.05) is 6.42 Å². The minimum Gasteiger partial charge on any atom is -0.381 e. The summed E-state index contributed by atoms with van der Waals surface area (Å²) in [5.74, 6) is 4.33. The summed E-state index contributed by atoms with van der Waals surface area (Å²) >= 11 is 0. The fourth-order valence-electron chi connectivity index (χ4n) is 6.08. The Labute approximate surface area is 129 Å². The first-order valence-corrected chi connectivity index (χ1v) is 9.33. The number of piperidine rings is 1. The highest BCUT2D eigenvalue weighted by Gasteiger charge is 2.53. The van der Waals surface area contributed by atoms with Gasteiger partial charge in [0.1, 0.15) is 0 Å². The van der Waals surface area contributed by atoms with E-state index in [2.05, 4.69) is 10.2 Å². The molecule has 4 fully saturated rings. The van der Waals surface area contributed by atoms with Crippen molar-refractivity contribution in [2.45, 2.75) is 57.1 Å². The summed E-state index contributed by atoms with van der Waals surface area (Å²) in [5, 5.41) is 3.93. The first-order valence-electron chi connectivity index (χ1n) is 9.33. The van der Waals surface area contributed by atoms with Gasteiger partial charge < -0.3 is 15.0 Å². The van der Waals surface area contributed by atoms with Crippen molar-refractivity contribution >= 4 is 0 Å². The van der Waals surface area contributed by atoms with Crippen molar-refractivity contribution in [3.8, 4) is 0 Å². The normalized spacial score (nSPS) is 43.6. The van der Waals surface area contributed by atoms with Crippen LogP contribution in [0.1, 0.15) is 44.9 Å². The fraction of sp³-hybridized carbons (Fsp3) is 1.00. The molecule has 1 aliphatic heterocycles. The molecule has 0 amide bonds. The van der Waals surface area contributed by atoms with Gasteiger partial charge in [-0.15, -0.1) is 0 Å². The zero-order valence-corrected chi connectivity index (χ0v) is 13.6. The molecule has 3 nitrogen and oxygen atoms in total. The van der Waals surface area contributed by atoms with Crippen LogP contribution in [0.25, 0.3) is 0 Å². The predicted molar refractivity (Wildman–Crippen MR) is 85.3 cm³/mol. The van der Waals surface area contributed by atoms with Crippen molar-refractivity contribution in [3.05, 3.63) is 0 Å². The van der Waals surface area contributed by atoms with Gasteiger partial charge in [0.2, 0.25) is 0 Å². The summed E-state index contributed by atoms with van der Waals surface area (Å²) < 4.78 is 5.46. The highest BCUT2D eigenvalue weighted by atomic mass is 16.5. The molecule has 1 N–H and O–H groups in total. The second-order valence-electron chi connectivity index (χ2n) is 7.99. The first-order chi connectivity index (χ1) is 10.3. The molecule has 0 unspecified atom stereocenters. The maximum atomic E-state index is 5.46. The quantitative estimate of drug-likeness (QED) is 0.842. The SMILES string of the molecule is COC1CCN(CCN[C@@H]2C[C@H]3C[C@H]2[C@@H]2CCC[C@@H]32)CC1. The molecule has 4 aliphatic rings. The maximum Gasteiger partial charge on any atom is 0.0595 e. The zero-order chi connectivity index (χ0) is 14.2. The molecule has 3 heteroatoms. The van der Waals surface area contributed by atoms with Crippen LogP contribution in [0.3, 0.4) is 0 Å². The monoisotopic (exact) mass is 292 g/mol. The first kappa shape index (κ1) is 14.5. The van der Waals surface area contributed by atoms with E-state index in [1.165, 1.54) is 58.3 Å². The molecule has 3 saturated carbocycles. The Morgan fingerprint density at radius 2 is 1.81 bits per heavy atom. The smallest absolute Gasteiger partial charge is 0.0595 e. The molecule has 2 bridgehead atoms. The molecule has 0 aromatic carbocycles. The Balaban J connectivity index is 1.19. The van der Waals surface area contributed by atoms with Crippen LogP contribution in [0.2, 0.25) is 0 Å². The van der Waals surface area contributed by atoms with Crippen molar-refractivity contribution in [2.75, 3.05) is 33.3 Å². The zero-order valence-electron chi connectivity index (χ0n) is 13.6. The minimum atomic E-state index is 0.513. The average molecular weight is 292 g/mol. The van der Waals surface area contributed by atoms with Crippen LogP contribution in [-0.4, -0.2) is 50.3 Å². The number of hydrogen-bond acceptors (Lipinski definition) is 3. The Morgan fingerprint density at radius 3 is 2.62 bits per heavy atom. The second kappa shape index (κ2) is 6.17. The van der Waals surface area contributed by atoms with Crippen LogP contribution in [0.15, 0.2) is 0 Å². The van der Waals surface area contributed by atoms with Gasteiger partial charge in [-0.25, -0.2) is 0 Å². The number of nitrogens with zero attached hydrogens (tertiary/aromatic N) is 1. The Morgan fingerprint density at radius 1 is 1.00 bits per heavy atom. The Bertz CT molecular complexity index is 353. The number of nitrogens with one attached hydrogen (secondary N) is 1. The number of rotatable bonds is 5. The van der Waals surface area contributed by atoms with Gasteiger partial charge >= 0.3 is 0 Å². The van der Waals surface area contributed by atoms with Gasteiger partial charge in [0.25, 0.3) is 0 Å². The Hall–Kier alpha value is -0.120. The van der Waals surface area contributed by atoms with E-state index in [-0.39, 0.29) is 0 Å². The van der Waals surface area contributed by atoms with Gasteiger partial charge in [0, 0.05) is 39.3 Å². The topological polar surface area (TPSA) is 24.5 Å². The van der Waals surface area contributed by atoms with E-state index in [0.29, 0.717) is 6.10 Å². The lowest BCUT2D eigenvalue weighted by atomic mass is 9.79. The van der Waals surface area contributed by atoms with Crippen LogP contribution in [0, 0.1) is 23.7 Å². The molecular weight excluding hydrogens is 260 g/mol. The third-order valence-corrected chi connectivity index (χ3v) is 7.13. The lowest BCUT2D eigenvalue weighted by Gasteiger charge is -2.34. The van der Waals surface area contributed by atoms with E-state index in [1.807, 2.05) is 7.11 Å². The number of hydrogen-bond donors (Lipinski definition) is 1. The average Bonchev–Trinajstić information content (AvgIpc) is 3.20. The molecule has 1 heterocycles. The lowest BCUT2D eigenvalue weighted by Crippen LogP contribution is -2.44. The summed E-state index contributed by atoms with van der Waals surface area (Å²) in [7, 11) is 1.85. The number of fused-ring (bicyclic) bond motifs is 5. The molecule has 21 heavy (non-hydrogen) atoms. The summed E-state index contributed by atoms with van der Waals surface area (Å²) in [4.78, 5) is 2.62. The summed E-state index contributed by atoms with van der Waals surface area (Å²) in [6.07, 6.45) is 10.6. The van der Waals surface area contributed by atoms with Crippen LogP contribution in [-0.2, 0) is 4.74 Å². The number of ether oxygens (including phenoxy) is 1. The number of likely N-dealkylation sites (tertiary alicyclic amines) is 1. The van der Waals surface area contributed by atoms with Gasteiger partial charge in [0.15, 0.2) is 0 Å². The second-order valence-corrected chi connectivity index (χ2v) is 7.99. The van der Waals surface area contributed by atoms with E-state index in [0.717, 1.165) is 29.7 Å². The molecule has 0 aromatic rings. The van der Waals surface area contributed by atoms with Crippen LogP contribution in [0.4, 0.5) is 0 Å². The summed E-state index contributed by atoms with van der Waals surface area (Å²) in [6, 6.07) is 0.853. The van der Waals surface area contributed by atoms with E-state index < -0.39 is 0 Å². The lowest BCUT2D eigenvalue weighted by molar-refractivity contribution is 0.0409. The minimum absolute atomic E-state index is 0.513. The predicted octanol–water partition coefficient (Wildman–Crippen LogP) is 2.51. The van der Waals surface area contributed by atoms with Gasteiger partial charge in [-0.3, -0.25) is 0 Å². The standard InChI is InChI=1S/C18H32N2O/c1-21-14-5-8-20(9-6-14)10-7-19-18-12-13-11-17(18)16-4-2-3-15(13)16/h13-19H,2-12H2,1H3/t13-,15+,16-,17+,18-/m1/s1. The van der Waals surface area contributed by atoms with Gasteiger partial charge in [-0.05, 0) is 62.2 Å². The van der Waals surface area contributed by atoms with Crippen molar-refractivity contribution in [2.24, 2.45) is 23.7 Å². The Kier molecular flexibility index (Phi) is 4.25. The van der Waals surface area contributed by atoms with Gasteiger partial charge in [-0.2, -0.15) is 0 Å². The third kappa shape index (κ3) is 2.77. The third-order valence-electron chi connectivity index (χ3n) is 7.13. The molecule has 4 rings (SSSR count). The highest BCUT2D eigenvalue weighted by molar-refractivity contribution is 5.05. The van der Waals surface area contributed by atoms with Crippen LogP contribution in [0.5, 0.6) is 0 Å². The molecule has 1 saturated heterocycles. The number of methoxy groups -OCH3 is 1. The van der Waals surface area contributed by atoms with E-state index in [4.69, 9.17) is 4.74 Å². The highest BCUT2D eigenvalue weighted by Crippen LogP contribution is 2.58. The van der Waals surface area contributed by atoms with Crippen LogP contribution < -0.4 is 5.32 Å². The molecule has 120 valence electrons.